The molecule has 1 aromatic heterocycles. The van der Waals surface area contributed by atoms with E-state index in [-0.39, 0.29) is 4.90 Å². The van der Waals surface area contributed by atoms with Crippen LogP contribution in [0.4, 0.5) is 5.69 Å². The van der Waals surface area contributed by atoms with E-state index in [1.807, 2.05) is 38.1 Å². The van der Waals surface area contributed by atoms with Gasteiger partial charge in [-0.1, -0.05) is 48.5 Å². The molecule has 31 heavy (non-hydrogen) atoms. The maximum Gasteiger partial charge on any atom is 0.247 e. The number of thiazole rings is 1. The van der Waals surface area contributed by atoms with E-state index in [1.54, 1.807) is 42.5 Å². The largest absolute Gasteiger partial charge is 0.324 e. The Balaban J connectivity index is 1.68. The van der Waals surface area contributed by atoms with E-state index in [4.69, 9.17) is 0 Å². The zero-order chi connectivity index (χ0) is 22.0. The highest BCUT2D eigenvalue weighted by atomic mass is 32.2. The van der Waals surface area contributed by atoms with Crippen LogP contribution < -0.4 is 10.0 Å². The highest BCUT2D eigenvalue weighted by molar-refractivity contribution is 7.89. The number of carbonyl (C=O) groups is 1. The van der Waals surface area contributed by atoms with Crippen LogP contribution in [0.3, 0.4) is 0 Å². The molecule has 8 heteroatoms. The molecule has 0 bridgehead atoms. The lowest BCUT2D eigenvalue weighted by atomic mass is 10.1. The fourth-order valence-corrected chi connectivity index (χ4v) is 5.40. The smallest absolute Gasteiger partial charge is 0.247 e. The van der Waals surface area contributed by atoms with Crippen molar-refractivity contribution in [3.63, 3.8) is 0 Å². The highest BCUT2D eigenvalue weighted by Crippen LogP contribution is 2.26. The zero-order valence-corrected chi connectivity index (χ0v) is 18.6. The molecule has 2 N–H and O–H groups in total. The van der Waals surface area contributed by atoms with Crippen molar-refractivity contribution >= 4 is 43.2 Å². The van der Waals surface area contributed by atoms with Crippen molar-refractivity contribution in [2.75, 3.05) is 5.32 Å². The standard InChI is InChI=1S/C23H21N3O3S2/c1-15-8-6-7-11-19(15)25-23(27)22(17-9-4-3-5-10-17)26-31(28,29)18-12-13-20-21(14-18)30-16(2)24-20/h3-14,22,26H,1-2H3,(H,25,27). The maximum absolute atomic E-state index is 13.2. The average Bonchev–Trinajstić information content (AvgIpc) is 3.13. The molecule has 0 radical (unpaired) electrons. The van der Waals surface area contributed by atoms with Gasteiger partial charge < -0.3 is 5.32 Å². The number of rotatable bonds is 6. The van der Waals surface area contributed by atoms with E-state index >= 15 is 0 Å². The molecule has 0 aliphatic rings. The molecule has 3 aromatic carbocycles. The Morgan fingerprint density at radius 2 is 1.68 bits per heavy atom. The molecule has 0 saturated heterocycles. The van der Waals surface area contributed by atoms with Gasteiger partial charge in [0.1, 0.15) is 6.04 Å². The van der Waals surface area contributed by atoms with Crippen LogP contribution in [0.1, 0.15) is 22.2 Å². The number of aromatic nitrogens is 1. The van der Waals surface area contributed by atoms with Gasteiger partial charge in [0.2, 0.25) is 15.9 Å². The second kappa shape index (κ2) is 8.58. The van der Waals surface area contributed by atoms with E-state index in [9.17, 15) is 13.2 Å². The molecule has 0 aliphatic carbocycles. The Kier molecular flexibility index (Phi) is 5.86. The van der Waals surface area contributed by atoms with Gasteiger partial charge in [0.15, 0.2) is 0 Å². The Bertz CT molecular complexity index is 1350. The molecule has 6 nitrogen and oxygen atoms in total. The molecule has 0 saturated carbocycles. The van der Waals surface area contributed by atoms with E-state index < -0.39 is 22.0 Å². The predicted octanol–water partition coefficient (Wildman–Crippen LogP) is 4.57. The summed E-state index contributed by atoms with van der Waals surface area (Å²) >= 11 is 1.42. The lowest BCUT2D eigenvalue weighted by Crippen LogP contribution is -2.37. The molecule has 0 aliphatic heterocycles. The normalized spacial score (nSPS) is 12.6. The summed E-state index contributed by atoms with van der Waals surface area (Å²) in [5.41, 5.74) is 2.82. The summed E-state index contributed by atoms with van der Waals surface area (Å²) in [7, 11) is -3.97. The molecular weight excluding hydrogens is 430 g/mol. The van der Waals surface area contributed by atoms with Crippen molar-refractivity contribution < 1.29 is 13.2 Å². The quantitative estimate of drug-likeness (QED) is 0.449. The number of nitrogens with zero attached hydrogens (tertiary/aromatic N) is 1. The fraction of sp³-hybridized carbons (Fsp3) is 0.130. The van der Waals surface area contributed by atoms with Gasteiger partial charge in [-0.15, -0.1) is 11.3 Å². The van der Waals surface area contributed by atoms with Gasteiger partial charge >= 0.3 is 0 Å². The summed E-state index contributed by atoms with van der Waals surface area (Å²) in [5, 5.41) is 3.70. The Morgan fingerprint density at radius 1 is 0.968 bits per heavy atom. The molecule has 1 unspecified atom stereocenters. The number of sulfonamides is 1. The molecule has 1 amide bonds. The van der Waals surface area contributed by atoms with Gasteiger partial charge in [-0.3, -0.25) is 4.79 Å². The monoisotopic (exact) mass is 451 g/mol. The summed E-state index contributed by atoms with van der Waals surface area (Å²) in [6, 6.07) is 19.8. The third-order valence-electron chi connectivity index (χ3n) is 4.85. The number of aryl methyl sites for hydroxylation is 2. The number of hydrogen-bond acceptors (Lipinski definition) is 5. The maximum atomic E-state index is 13.2. The number of para-hydroxylation sites is 1. The van der Waals surface area contributed by atoms with Crippen LogP contribution in [-0.2, 0) is 14.8 Å². The number of hydrogen-bond donors (Lipinski definition) is 2. The van der Waals surface area contributed by atoms with E-state index in [1.165, 1.54) is 17.4 Å². The third kappa shape index (κ3) is 4.66. The number of anilines is 1. The van der Waals surface area contributed by atoms with Gasteiger partial charge in [-0.2, -0.15) is 4.72 Å². The van der Waals surface area contributed by atoms with Crippen molar-refractivity contribution in [1.29, 1.82) is 0 Å². The van der Waals surface area contributed by atoms with Crippen molar-refractivity contribution in [2.24, 2.45) is 0 Å². The van der Waals surface area contributed by atoms with Crippen LogP contribution in [0.15, 0.2) is 77.7 Å². The van der Waals surface area contributed by atoms with Gasteiger partial charge in [0.25, 0.3) is 0 Å². The number of benzene rings is 3. The summed E-state index contributed by atoms with van der Waals surface area (Å²) in [4.78, 5) is 17.6. The van der Waals surface area contributed by atoms with Crippen LogP contribution in [-0.4, -0.2) is 19.3 Å². The minimum absolute atomic E-state index is 0.0910. The van der Waals surface area contributed by atoms with Gasteiger partial charge in [-0.05, 0) is 49.2 Å². The summed E-state index contributed by atoms with van der Waals surface area (Å²) in [6.45, 7) is 3.75. The lowest BCUT2D eigenvalue weighted by molar-refractivity contribution is -0.117. The first kappa shape index (κ1) is 21.2. The van der Waals surface area contributed by atoms with Crippen molar-refractivity contribution in [3.05, 3.63) is 88.9 Å². The second-order valence-electron chi connectivity index (χ2n) is 7.13. The first-order valence-corrected chi connectivity index (χ1v) is 11.9. The van der Waals surface area contributed by atoms with E-state index in [0.717, 1.165) is 20.8 Å². The third-order valence-corrected chi connectivity index (χ3v) is 7.20. The SMILES string of the molecule is Cc1nc2ccc(S(=O)(=O)NC(C(=O)Nc3ccccc3C)c3ccccc3)cc2s1. The minimum atomic E-state index is -3.97. The van der Waals surface area contributed by atoms with Gasteiger partial charge in [0.05, 0.1) is 20.1 Å². The summed E-state index contributed by atoms with van der Waals surface area (Å²) in [5.74, 6) is -0.459. The highest BCUT2D eigenvalue weighted by Gasteiger charge is 2.28. The molecular formula is C23H21N3O3S2. The average molecular weight is 452 g/mol. The Morgan fingerprint density at radius 3 is 2.42 bits per heavy atom. The van der Waals surface area contributed by atoms with Crippen LogP contribution >= 0.6 is 11.3 Å². The van der Waals surface area contributed by atoms with Crippen molar-refractivity contribution in [3.8, 4) is 0 Å². The molecule has 0 spiro atoms. The minimum Gasteiger partial charge on any atom is -0.324 e. The first-order chi connectivity index (χ1) is 14.8. The van der Waals surface area contributed by atoms with Crippen molar-refractivity contribution in [1.82, 2.24) is 9.71 Å². The molecule has 4 aromatic rings. The lowest BCUT2D eigenvalue weighted by Gasteiger charge is -2.20. The van der Waals surface area contributed by atoms with Crippen LogP contribution in [0, 0.1) is 13.8 Å². The van der Waals surface area contributed by atoms with Crippen LogP contribution in [0.2, 0.25) is 0 Å². The first-order valence-electron chi connectivity index (χ1n) is 9.64. The van der Waals surface area contributed by atoms with Gasteiger partial charge in [0, 0.05) is 5.69 Å². The fourth-order valence-electron chi connectivity index (χ4n) is 3.25. The molecule has 1 atom stereocenters. The van der Waals surface area contributed by atoms with Gasteiger partial charge in [-0.25, -0.2) is 13.4 Å². The molecule has 0 fully saturated rings. The molecule has 1 heterocycles. The second-order valence-corrected chi connectivity index (χ2v) is 10.1. The molecule has 4 rings (SSSR count). The van der Waals surface area contributed by atoms with E-state index in [0.29, 0.717) is 11.3 Å². The number of amides is 1. The topological polar surface area (TPSA) is 88.2 Å². The number of nitrogens with one attached hydrogen (secondary N) is 2. The van der Waals surface area contributed by atoms with Crippen LogP contribution in [0.5, 0.6) is 0 Å². The summed E-state index contributed by atoms with van der Waals surface area (Å²) < 4.78 is 29.7. The Labute approximate surface area is 185 Å². The zero-order valence-electron chi connectivity index (χ0n) is 17.0. The van der Waals surface area contributed by atoms with Crippen molar-refractivity contribution in [2.45, 2.75) is 24.8 Å². The number of fused-ring (bicyclic) bond motifs is 1. The van der Waals surface area contributed by atoms with Crippen LogP contribution in [0.25, 0.3) is 10.2 Å². The Hall–Kier alpha value is -3.07. The molecule has 158 valence electrons. The summed E-state index contributed by atoms with van der Waals surface area (Å²) in [6.07, 6.45) is 0. The predicted molar refractivity (Wildman–Crippen MR) is 124 cm³/mol. The van der Waals surface area contributed by atoms with E-state index in [2.05, 4.69) is 15.0 Å². The number of carbonyl (C=O) groups excluding carboxylic acids is 1.